The van der Waals surface area contributed by atoms with Crippen molar-refractivity contribution in [3.05, 3.63) is 29.6 Å². The van der Waals surface area contributed by atoms with Crippen LogP contribution in [0, 0.1) is 6.92 Å². The molecule has 0 amide bonds. The van der Waals surface area contributed by atoms with Crippen molar-refractivity contribution in [2.75, 3.05) is 6.61 Å². The van der Waals surface area contributed by atoms with Crippen molar-refractivity contribution in [2.45, 2.75) is 39.3 Å². The molecule has 15 heavy (non-hydrogen) atoms. The van der Waals surface area contributed by atoms with Gasteiger partial charge in [-0.3, -0.25) is 4.98 Å². The number of aryl methyl sites for hydroxylation is 1. The number of nitrogens with one attached hydrogen (secondary N) is 1. The zero-order valence-electron chi connectivity index (χ0n) is 9.53. The predicted molar refractivity (Wildman–Crippen MR) is 61.6 cm³/mol. The zero-order valence-corrected chi connectivity index (χ0v) is 9.53. The van der Waals surface area contributed by atoms with Crippen LogP contribution in [0.3, 0.4) is 0 Å². The number of hydrogen-bond acceptors (Lipinski definition) is 3. The van der Waals surface area contributed by atoms with E-state index in [0.29, 0.717) is 6.04 Å². The summed E-state index contributed by atoms with van der Waals surface area (Å²) in [4.78, 5) is 4.24. The Morgan fingerprint density at radius 1 is 1.53 bits per heavy atom. The molecule has 0 aliphatic rings. The van der Waals surface area contributed by atoms with Crippen molar-refractivity contribution in [1.82, 2.24) is 10.3 Å². The fraction of sp³-hybridized carbons (Fsp3) is 0.583. The molecule has 0 aromatic carbocycles. The van der Waals surface area contributed by atoms with Crippen molar-refractivity contribution in [3.8, 4) is 0 Å². The molecule has 3 heteroatoms. The second-order valence-electron chi connectivity index (χ2n) is 3.75. The summed E-state index contributed by atoms with van der Waals surface area (Å²) in [6, 6.07) is 4.44. The highest BCUT2D eigenvalue weighted by atomic mass is 16.3. The summed E-state index contributed by atoms with van der Waals surface area (Å²) in [5.41, 5.74) is 2.30. The van der Waals surface area contributed by atoms with Crippen LogP contribution in [0.25, 0.3) is 0 Å². The van der Waals surface area contributed by atoms with E-state index in [-0.39, 0.29) is 6.61 Å². The molecule has 1 atom stereocenters. The molecule has 0 saturated heterocycles. The highest BCUT2D eigenvalue weighted by Crippen LogP contribution is 2.05. The van der Waals surface area contributed by atoms with Gasteiger partial charge in [0.1, 0.15) is 0 Å². The Morgan fingerprint density at radius 3 is 2.93 bits per heavy atom. The van der Waals surface area contributed by atoms with Gasteiger partial charge in [-0.1, -0.05) is 13.0 Å². The minimum absolute atomic E-state index is 0.248. The topological polar surface area (TPSA) is 45.1 Å². The van der Waals surface area contributed by atoms with E-state index in [4.69, 9.17) is 5.11 Å². The lowest BCUT2D eigenvalue weighted by Gasteiger charge is -2.16. The summed E-state index contributed by atoms with van der Waals surface area (Å²) in [6.07, 6.45) is 3.67. The lowest BCUT2D eigenvalue weighted by atomic mass is 10.1. The van der Waals surface area contributed by atoms with Crippen LogP contribution in [0.2, 0.25) is 0 Å². The van der Waals surface area contributed by atoms with Crippen LogP contribution in [-0.4, -0.2) is 22.7 Å². The average molecular weight is 208 g/mol. The Labute approximate surface area is 91.5 Å². The first-order valence-corrected chi connectivity index (χ1v) is 5.52. The number of aliphatic hydroxyl groups excluding tert-OH is 1. The Hall–Kier alpha value is -0.930. The average Bonchev–Trinajstić information content (AvgIpc) is 2.26. The largest absolute Gasteiger partial charge is 0.396 e. The molecule has 0 saturated carbocycles. The van der Waals surface area contributed by atoms with Crippen LogP contribution >= 0.6 is 0 Å². The zero-order chi connectivity index (χ0) is 11.1. The van der Waals surface area contributed by atoms with Gasteiger partial charge >= 0.3 is 0 Å². The number of hydrogen-bond donors (Lipinski definition) is 2. The maximum Gasteiger partial charge on any atom is 0.0445 e. The van der Waals surface area contributed by atoms with E-state index in [0.717, 1.165) is 25.1 Å². The SMILES string of the molecule is CCC(CCO)NCc1cccnc1C. The van der Waals surface area contributed by atoms with Crippen molar-refractivity contribution in [3.63, 3.8) is 0 Å². The van der Waals surface area contributed by atoms with Gasteiger partial charge in [0.15, 0.2) is 0 Å². The molecule has 0 aliphatic heterocycles. The third kappa shape index (κ3) is 3.98. The fourth-order valence-electron chi connectivity index (χ4n) is 1.57. The molecule has 1 rings (SSSR count). The van der Waals surface area contributed by atoms with E-state index in [2.05, 4.69) is 23.3 Å². The highest BCUT2D eigenvalue weighted by molar-refractivity contribution is 5.17. The smallest absolute Gasteiger partial charge is 0.0445 e. The number of aromatic nitrogens is 1. The molecule has 3 nitrogen and oxygen atoms in total. The highest BCUT2D eigenvalue weighted by Gasteiger charge is 2.05. The lowest BCUT2D eigenvalue weighted by molar-refractivity contribution is 0.262. The molecule has 1 aromatic heterocycles. The summed E-state index contributed by atoms with van der Waals surface area (Å²) in [7, 11) is 0. The van der Waals surface area contributed by atoms with Crippen LogP contribution in [0.4, 0.5) is 0 Å². The molecule has 0 spiro atoms. The van der Waals surface area contributed by atoms with Crippen molar-refractivity contribution in [2.24, 2.45) is 0 Å². The Morgan fingerprint density at radius 2 is 2.33 bits per heavy atom. The first-order valence-electron chi connectivity index (χ1n) is 5.52. The Balaban J connectivity index is 2.45. The van der Waals surface area contributed by atoms with Gasteiger partial charge in [-0.15, -0.1) is 0 Å². The van der Waals surface area contributed by atoms with Crippen LogP contribution in [0.15, 0.2) is 18.3 Å². The third-order valence-electron chi connectivity index (χ3n) is 2.67. The van der Waals surface area contributed by atoms with Crippen LogP contribution in [0.1, 0.15) is 31.0 Å². The minimum Gasteiger partial charge on any atom is -0.396 e. The van der Waals surface area contributed by atoms with E-state index in [1.807, 2.05) is 19.2 Å². The second kappa shape index (κ2) is 6.53. The van der Waals surface area contributed by atoms with E-state index >= 15 is 0 Å². The molecule has 1 aromatic rings. The monoisotopic (exact) mass is 208 g/mol. The van der Waals surface area contributed by atoms with Crippen LogP contribution in [-0.2, 0) is 6.54 Å². The van der Waals surface area contributed by atoms with Gasteiger partial charge in [0.2, 0.25) is 0 Å². The first-order chi connectivity index (χ1) is 7.27. The lowest BCUT2D eigenvalue weighted by Crippen LogP contribution is -2.29. The van der Waals surface area contributed by atoms with Crippen molar-refractivity contribution < 1.29 is 5.11 Å². The number of nitrogens with zero attached hydrogens (tertiary/aromatic N) is 1. The normalized spacial score (nSPS) is 12.7. The molecular formula is C12H20N2O. The van der Waals surface area contributed by atoms with Gasteiger partial charge in [0.05, 0.1) is 0 Å². The molecule has 0 aliphatic carbocycles. The standard InChI is InChI=1S/C12H20N2O/c1-3-12(6-8-15)14-9-11-5-4-7-13-10(11)2/h4-5,7,12,14-15H,3,6,8-9H2,1-2H3. The van der Waals surface area contributed by atoms with E-state index in [1.54, 1.807) is 0 Å². The molecule has 1 unspecified atom stereocenters. The summed E-state index contributed by atoms with van der Waals surface area (Å²) >= 11 is 0. The quantitative estimate of drug-likeness (QED) is 0.747. The van der Waals surface area contributed by atoms with E-state index in [9.17, 15) is 0 Å². The third-order valence-corrected chi connectivity index (χ3v) is 2.67. The van der Waals surface area contributed by atoms with Crippen molar-refractivity contribution >= 4 is 0 Å². The number of aliphatic hydroxyl groups is 1. The number of rotatable bonds is 6. The van der Waals surface area contributed by atoms with Gasteiger partial charge in [-0.2, -0.15) is 0 Å². The Bertz CT molecular complexity index is 289. The maximum absolute atomic E-state index is 8.87. The molecule has 0 radical (unpaired) electrons. The van der Waals surface area contributed by atoms with E-state index < -0.39 is 0 Å². The summed E-state index contributed by atoms with van der Waals surface area (Å²) < 4.78 is 0. The van der Waals surface area contributed by atoms with Gasteiger partial charge < -0.3 is 10.4 Å². The predicted octanol–water partition coefficient (Wildman–Crippen LogP) is 1.64. The molecule has 2 N–H and O–H groups in total. The molecular weight excluding hydrogens is 188 g/mol. The molecule has 1 heterocycles. The van der Waals surface area contributed by atoms with E-state index in [1.165, 1.54) is 5.56 Å². The summed E-state index contributed by atoms with van der Waals surface area (Å²) in [6.45, 7) is 5.23. The minimum atomic E-state index is 0.248. The molecule has 0 bridgehead atoms. The van der Waals surface area contributed by atoms with Gasteiger partial charge in [0.25, 0.3) is 0 Å². The summed E-state index contributed by atoms with van der Waals surface area (Å²) in [5.74, 6) is 0. The van der Waals surface area contributed by atoms with Crippen LogP contribution < -0.4 is 5.32 Å². The van der Waals surface area contributed by atoms with Gasteiger partial charge in [-0.25, -0.2) is 0 Å². The van der Waals surface area contributed by atoms with Gasteiger partial charge in [0, 0.05) is 31.1 Å². The fourth-order valence-corrected chi connectivity index (χ4v) is 1.57. The maximum atomic E-state index is 8.87. The van der Waals surface area contributed by atoms with Gasteiger partial charge in [-0.05, 0) is 31.4 Å². The second-order valence-corrected chi connectivity index (χ2v) is 3.75. The molecule has 0 fully saturated rings. The molecule has 84 valence electrons. The van der Waals surface area contributed by atoms with Crippen LogP contribution in [0.5, 0.6) is 0 Å². The van der Waals surface area contributed by atoms with Crippen molar-refractivity contribution in [1.29, 1.82) is 0 Å². The Kier molecular flexibility index (Phi) is 5.29. The number of pyridine rings is 1. The summed E-state index contributed by atoms with van der Waals surface area (Å²) in [5, 5.41) is 12.3. The first kappa shape index (κ1) is 12.1.